The summed E-state index contributed by atoms with van der Waals surface area (Å²) in [5, 5.41) is 0. The standard InChI is InChI=1S/C19H17FN4OS/c1-2-7-24-10-15(23-11-24)18-9-14-19(26-18)17(5-6-22-14)25-16-4-3-12(21)8-13(16)20/h3-6,8-11H,2,7,21H2,1H3. The van der Waals surface area contributed by atoms with Crippen LogP contribution >= 0.6 is 11.3 Å². The normalized spacial score (nSPS) is 11.2. The summed E-state index contributed by atoms with van der Waals surface area (Å²) < 4.78 is 22.8. The zero-order chi connectivity index (χ0) is 18.1. The molecule has 0 fully saturated rings. The van der Waals surface area contributed by atoms with E-state index in [4.69, 9.17) is 10.5 Å². The first-order valence-electron chi connectivity index (χ1n) is 8.27. The summed E-state index contributed by atoms with van der Waals surface area (Å²) in [6, 6.07) is 8.09. The van der Waals surface area contributed by atoms with Gasteiger partial charge < -0.3 is 15.0 Å². The smallest absolute Gasteiger partial charge is 0.167 e. The molecule has 132 valence electrons. The summed E-state index contributed by atoms with van der Waals surface area (Å²) in [5.74, 6) is 0.196. The van der Waals surface area contributed by atoms with Crippen LogP contribution < -0.4 is 10.5 Å². The number of fused-ring (bicyclic) bond motifs is 1. The molecule has 2 N–H and O–H groups in total. The van der Waals surface area contributed by atoms with Crippen LogP contribution in [0.15, 0.2) is 49.1 Å². The number of anilines is 1. The Labute approximate surface area is 153 Å². The molecule has 0 amide bonds. The number of nitrogen functional groups attached to an aromatic ring is 1. The summed E-state index contributed by atoms with van der Waals surface area (Å²) >= 11 is 1.53. The topological polar surface area (TPSA) is 66.0 Å². The predicted molar refractivity (Wildman–Crippen MR) is 102 cm³/mol. The molecule has 7 heteroatoms. The van der Waals surface area contributed by atoms with Crippen molar-refractivity contribution in [2.45, 2.75) is 19.9 Å². The van der Waals surface area contributed by atoms with Gasteiger partial charge in [0.1, 0.15) is 5.75 Å². The molecule has 0 atom stereocenters. The molecular weight excluding hydrogens is 351 g/mol. The Kier molecular flexibility index (Phi) is 4.30. The molecule has 3 heterocycles. The summed E-state index contributed by atoms with van der Waals surface area (Å²) in [6.45, 7) is 3.06. The van der Waals surface area contributed by atoms with Gasteiger partial charge in [-0.15, -0.1) is 11.3 Å². The third kappa shape index (κ3) is 3.13. The lowest BCUT2D eigenvalue weighted by molar-refractivity contribution is 0.447. The van der Waals surface area contributed by atoms with Crippen molar-refractivity contribution in [1.82, 2.24) is 14.5 Å². The average molecular weight is 368 g/mol. The van der Waals surface area contributed by atoms with Crippen molar-refractivity contribution < 1.29 is 9.13 Å². The van der Waals surface area contributed by atoms with Crippen molar-refractivity contribution in [3.05, 3.63) is 54.9 Å². The number of imidazole rings is 1. The number of pyridine rings is 1. The Balaban J connectivity index is 1.71. The van der Waals surface area contributed by atoms with Gasteiger partial charge in [-0.3, -0.25) is 4.98 Å². The molecule has 0 aliphatic carbocycles. The average Bonchev–Trinajstić information content (AvgIpc) is 3.24. The van der Waals surface area contributed by atoms with E-state index in [9.17, 15) is 4.39 Å². The number of nitrogens with two attached hydrogens (primary N) is 1. The molecule has 3 aromatic heterocycles. The van der Waals surface area contributed by atoms with Crippen LogP contribution in [0.25, 0.3) is 20.8 Å². The van der Waals surface area contributed by atoms with Crippen LogP contribution in [0.1, 0.15) is 13.3 Å². The number of ether oxygens (including phenoxy) is 1. The quantitative estimate of drug-likeness (QED) is 0.499. The van der Waals surface area contributed by atoms with Gasteiger partial charge in [0.25, 0.3) is 0 Å². The molecular formula is C19H17FN4OS. The van der Waals surface area contributed by atoms with E-state index in [1.54, 1.807) is 18.3 Å². The lowest BCUT2D eigenvalue weighted by Crippen LogP contribution is -1.91. The van der Waals surface area contributed by atoms with Gasteiger partial charge in [-0.05, 0) is 24.6 Å². The molecule has 0 aliphatic heterocycles. The lowest BCUT2D eigenvalue weighted by Gasteiger charge is -2.07. The van der Waals surface area contributed by atoms with Crippen LogP contribution in [-0.2, 0) is 6.54 Å². The molecule has 0 unspecified atom stereocenters. The van der Waals surface area contributed by atoms with Crippen molar-refractivity contribution in [1.29, 1.82) is 0 Å². The van der Waals surface area contributed by atoms with Gasteiger partial charge in [0.15, 0.2) is 11.6 Å². The van der Waals surface area contributed by atoms with Crippen LogP contribution in [0, 0.1) is 5.82 Å². The molecule has 0 radical (unpaired) electrons. The Morgan fingerprint density at radius 2 is 2.08 bits per heavy atom. The number of rotatable bonds is 5. The van der Waals surface area contributed by atoms with E-state index in [-0.39, 0.29) is 5.75 Å². The van der Waals surface area contributed by atoms with Crippen molar-refractivity contribution in [3.8, 4) is 22.1 Å². The van der Waals surface area contributed by atoms with Crippen LogP contribution in [0.4, 0.5) is 10.1 Å². The number of aryl methyl sites for hydroxylation is 1. The minimum absolute atomic E-state index is 0.133. The number of hydrogen-bond acceptors (Lipinski definition) is 5. The molecule has 0 saturated carbocycles. The second kappa shape index (κ2) is 6.76. The van der Waals surface area contributed by atoms with Gasteiger partial charge in [0.05, 0.1) is 27.1 Å². The van der Waals surface area contributed by atoms with Gasteiger partial charge in [0, 0.05) is 36.8 Å². The highest BCUT2D eigenvalue weighted by Crippen LogP contribution is 2.39. The maximum Gasteiger partial charge on any atom is 0.167 e. The molecule has 26 heavy (non-hydrogen) atoms. The number of benzene rings is 1. The summed E-state index contributed by atoms with van der Waals surface area (Å²) in [5.41, 5.74) is 7.64. The predicted octanol–water partition coefficient (Wildman–Crippen LogP) is 5.08. The molecule has 0 aliphatic rings. The van der Waals surface area contributed by atoms with E-state index in [2.05, 4.69) is 21.5 Å². The van der Waals surface area contributed by atoms with E-state index in [1.165, 1.54) is 23.5 Å². The Bertz CT molecular complexity index is 1070. The second-order valence-corrected chi connectivity index (χ2v) is 6.97. The minimum atomic E-state index is -0.495. The SMILES string of the molecule is CCCn1cnc(-c2cc3nccc(Oc4ccc(N)cc4F)c3s2)c1. The first kappa shape index (κ1) is 16.5. The zero-order valence-corrected chi connectivity index (χ0v) is 15.0. The molecule has 0 bridgehead atoms. The minimum Gasteiger partial charge on any atom is -0.453 e. The van der Waals surface area contributed by atoms with E-state index >= 15 is 0 Å². The number of thiophene rings is 1. The maximum atomic E-state index is 14.1. The fraction of sp³-hybridized carbons (Fsp3) is 0.158. The summed E-state index contributed by atoms with van der Waals surface area (Å²) in [6.07, 6.45) is 6.56. The molecule has 0 saturated heterocycles. The number of hydrogen-bond donors (Lipinski definition) is 1. The van der Waals surface area contributed by atoms with E-state index in [0.29, 0.717) is 11.4 Å². The van der Waals surface area contributed by atoms with E-state index in [0.717, 1.165) is 33.8 Å². The van der Waals surface area contributed by atoms with Crippen LogP contribution in [0.5, 0.6) is 11.5 Å². The first-order valence-corrected chi connectivity index (χ1v) is 9.09. The van der Waals surface area contributed by atoms with Crippen molar-refractivity contribution in [3.63, 3.8) is 0 Å². The highest BCUT2D eigenvalue weighted by Gasteiger charge is 2.14. The zero-order valence-electron chi connectivity index (χ0n) is 14.1. The van der Waals surface area contributed by atoms with Crippen LogP contribution in [0.3, 0.4) is 0 Å². The molecule has 5 nitrogen and oxygen atoms in total. The maximum absolute atomic E-state index is 14.1. The van der Waals surface area contributed by atoms with Crippen molar-refractivity contribution >= 4 is 27.2 Å². The highest BCUT2D eigenvalue weighted by molar-refractivity contribution is 7.22. The molecule has 4 aromatic rings. The number of halogens is 1. The van der Waals surface area contributed by atoms with Crippen molar-refractivity contribution in [2.75, 3.05) is 5.73 Å². The van der Waals surface area contributed by atoms with Gasteiger partial charge >= 0.3 is 0 Å². The molecule has 4 rings (SSSR count). The van der Waals surface area contributed by atoms with E-state index < -0.39 is 5.82 Å². The largest absolute Gasteiger partial charge is 0.453 e. The first-order chi connectivity index (χ1) is 12.6. The van der Waals surface area contributed by atoms with Gasteiger partial charge in [-0.25, -0.2) is 9.37 Å². The summed E-state index contributed by atoms with van der Waals surface area (Å²) in [7, 11) is 0. The third-order valence-electron chi connectivity index (χ3n) is 3.92. The second-order valence-electron chi connectivity index (χ2n) is 5.92. The van der Waals surface area contributed by atoms with Crippen LogP contribution in [-0.4, -0.2) is 14.5 Å². The van der Waals surface area contributed by atoms with E-state index in [1.807, 2.05) is 18.6 Å². The number of aromatic nitrogens is 3. The van der Waals surface area contributed by atoms with Gasteiger partial charge in [-0.1, -0.05) is 6.92 Å². The van der Waals surface area contributed by atoms with Crippen LogP contribution in [0.2, 0.25) is 0 Å². The highest BCUT2D eigenvalue weighted by atomic mass is 32.1. The summed E-state index contributed by atoms with van der Waals surface area (Å²) in [4.78, 5) is 9.86. The lowest BCUT2D eigenvalue weighted by atomic mass is 10.3. The monoisotopic (exact) mass is 368 g/mol. The Morgan fingerprint density at radius 1 is 1.19 bits per heavy atom. The fourth-order valence-electron chi connectivity index (χ4n) is 2.71. The molecule has 1 aromatic carbocycles. The van der Waals surface area contributed by atoms with Gasteiger partial charge in [-0.2, -0.15) is 0 Å². The Hall–Kier alpha value is -2.93. The van der Waals surface area contributed by atoms with Crippen molar-refractivity contribution in [2.24, 2.45) is 0 Å². The fourth-order valence-corrected chi connectivity index (χ4v) is 3.73. The van der Waals surface area contributed by atoms with Gasteiger partial charge in [0.2, 0.25) is 0 Å². The third-order valence-corrected chi connectivity index (χ3v) is 5.08. The number of nitrogens with zero attached hydrogens (tertiary/aromatic N) is 3. The Morgan fingerprint density at radius 3 is 2.88 bits per heavy atom. The molecule has 0 spiro atoms.